The first-order valence-corrected chi connectivity index (χ1v) is 9.75. The van der Waals surface area contributed by atoms with Crippen LogP contribution in [0.5, 0.6) is 5.75 Å². The summed E-state index contributed by atoms with van der Waals surface area (Å²) in [4.78, 5) is 27.7. The summed E-state index contributed by atoms with van der Waals surface area (Å²) in [6.07, 6.45) is 3.38. The Balaban J connectivity index is 1.74. The monoisotopic (exact) mass is 384 g/mol. The number of nitrogens with one attached hydrogen (secondary N) is 1. The second-order valence-electron chi connectivity index (χ2n) is 7.16. The number of nitrogens with zero attached hydrogens (tertiary/aromatic N) is 3. The number of carbonyl (C=O) groups excluding carboxylic acids is 2. The second kappa shape index (κ2) is 8.46. The molecule has 2 amide bonds. The Morgan fingerprint density at radius 3 is 2.79 bits per heavy atom. The van der Waals surface area contributed by atoms with Crippen molar-refractivity contribution in [2.45, 2.75) is 45.7 Å². The first-order chi connectivity index (χ1) is 13.4. The molecule has 2 unspecified atom stereocenters. The van der Waals surface area contributed by atoms with Gasteiger partial charge in [0.25, 0.3) is 5.91 Å². The maximum Gasteiger partial charge on any atom is 0.258 e. The number of rotatable bonds is 6. The number of benzene rings is 1. The van der Waals surface area contributed by atoms with E-state index in [4.69, 9.17) is 4.74 Å². The largest absolute Gasteiger partial charge is 0.493 e. The average molecular weight is 384 g/mol. The lowest BCUT2D eigenvalue weighted by Crippen LogP contribution is -2.46. The van der Waals surface area contributed by atoms with E-state index in [1.807, 2.05) is 46.1 Å². The maximum absolute atomic E-state index is 13.1. The topological polar surface area (TPSA) is 76.5 Å². The molecule has 150 valence electrons. The van der Waals surface area contributed by atoms with E-state index in [0.717, 1.165) is 17.7 Å². The third-order valence-electron chi connectivity index (χ3n) is 5.11. The maximum atomic E-state index is 13.1. The van der Waals surface area contributed by atoms with Gasteiger partial charge < -0.3 is 15.0 Å². The van der Waals surface area contributed by atoms with Crippen molar-refractivity contribution in [3.05, 3.63) is 47.3 Å². The fourth-order valence-corrected chi connectivity index (χ4v) is 3.79. The molecule has 2 heterocycles. The van der Waals surface area contributed by atoms with E-state index in [0.29, 0.717) is 30.9 Å². The Morgan fingerprint density at radius 1 is 1.36 bits per heavy atom. The number of hydrogen-bond donors (Lipinski definition) is 1. The molecule has 0 radical (unpaired) electrons. The summed E-state index contributed by atoms with van der Waals surface area (Å²) in [6.45, 7) is 6.80. The van der Waals surface area contributed by atoms with Gasteiger partial charge in [-0.3, -0.25) is 14.3 Å². The van der Waals surface area contributed by atoms with Crippen LogP contribution in [0, 0.1) is 6.92 Å². The minimum absolute atomic E-state index is 0.129. The van der Waals surface area contributed by atoms with Crippen LogP contribution >= 0.6 is 0 Å². The highest BCUT2D eigenvalue weighted by atomic mass is 16.5. The smallest absolute Gasteiger partial charge is 0.258 e. The van der Waals surface area contributed by atoms with Crippen molar-refractivity contribution in [3.63, 3.8) is 0 Å². The van der Waals surface area contributed by atoms with Crippen molar-refractivity contribution in [1.29, 1.82) is 0 Å². The Hall–Kier alpha value is -2.83. The van der Waals surface area contributed by atoms with Crippen LogP contribution in [-0.4, -0.2) is 45.7 Å². The fourth-order valence-electron chi connectivity index (χ4n) is 3.79. The van der Waals surface area contributed by atoms with Crippen LogP contribution in [-0.2, 0) is 11.8 Å². The number of ether oxygens (including phenoxy) is 1. The van der Waals surface area contributed by atoms with Gasteiger partial charge in [0.05, 0.1) is 23.9 Å². The van der Waals surface area contributed by atoms with E-state index in [-0.39, 0.29) is 17.9 Å². The van der Waals surface area contributed by atoms with Crippen LogP contribution in [0.1, 0.15) is 54.3 Å². The molecule has 3 rings (SSSR count). The third kappa shape index (κ3) is 4.03. The molecule has 1 fully saturated rings. The molecule has 1 saturated heterocycles. The predicted molar refractivity (Wildman–Crippen MR) is 106 cm³/mol. The zero-order valence-electron chi connectivity index (χ0n) is 16.9. The van der Waals surface area contributed by atoms with Gasteiger partial charge in [-0.25, -0.2) is 0 Å². The standard InChI is InChI=1S/C21H28N4O3/c1-5-28-19-11-7-6-9-16(19)21(27)25-12-8-10-18(25)20(26)22-14(2)17-13-24(4)23-15(17)3/h6-7,9,11,13-14,18H,5,8,10,12H2,1-4H3,(H,22,26). The van der Waals surface area contributed by atoms with Gasteiger partial charge in [-0.2, -0.15) is 5.10 Å². The summed E-state index contributed by atoms with van der Waals surface area (Å²) in [7, 11) is 1.86. The number of aromatic nitrogens is 2. The molecule has 1 aliphatic rings. The van der Waals surface area contributed by atoms with Gasteiger partial charge in [-0.05, 0) is 45.7 Å². The third-order valence-corrected chi connectivity index (χ3v) is 5.11. The summed E-state index contributed by atoms with van der Waals surface area (Å²) in [5.74, 6) is 0.266. The lowest BCUT2D eigenvalue weighted by atomic mass is 10.1. The molecule has 0 saturated carbocycles. The molecule has 2 atom stereocenters. The summed E-state index contributed by atoms with van der Waals surface area (Å²) in [5.41, 5.74) is 2.37. The molecule has 0 aliphatic carbocycles. The van der Waals surface area contributed by atoms with E-state index >= 15 is 0 Å². The van der Waals surface area contributed by atoms with Gasteiger partial charge in [0.2, 0.25) is 5.91 Å². The molecule has 2 aromatic rings. The number of likely N-dealkylation sites (tertiary alicyclic amines) is 1. The minimum atomic E-state index is -0.471. The van der Waals surface area contributed by atoms with Gasteiger partial charge in [0, 0.05) is 25.4 Å². The minimum Gasteiger partial charge on any atom is -0.493 e. The summed E-state index contributed by atoms with van der Waals surface area (Å²) < 4.78 is 7.33. The van der Waals surface area contributed by atoms with Crippen LogP contribution in [0.15, 0.2) is 30.5 Å². The number of hydrogen-bond acceptors (Lipinski definition) is 4. The highest BCUT2D eigenvalue weighted by molar-refractivity contribution is 6.00. The van der Waals surface area contributed by atoms with Crippen LogP contribution in [0.25, 0.3) is 0 Å². The molecular weight excluding hydrogens is 356 g/mol. The van der Waals surface area contributed by atoms with Crippen LogP contribution in [0.3, 0.4) is 0 Å². The Morgan fingerprint density at radius 2 is 2.11 bits per heavy atom. The molecule has 0 spiro atoms. The molecule has 1 aromatic carbocycles. The number of aryl methyl sites for hydroxylation is 2. The molecule has 28 heavy (non-hydrogen) atoms. The van der Waals surface area contributed by atoms with Gasteiger partial charge in [-0.15, -0.1) is 0 Å². The number of carbonyl (C=O) groups is 2. The molecule has 7 nitrogen and oxygen atoms in total. The highest BCUT2D eigenvalue weighted by Crippen LogP contribution is 2.26. The van der Waals surface area contributed by atoms with Gasteiger partial charge >= 0.3 is 0 Å². The SMILES string of the molecule is CCOc1ccccc1C(=O)N1CCCC1C(=O)NC(C)c1cn(C)nc1C. The van der Waals surface area contributed by atoms with E-state index < -0.39 is 6.04 Å². The molecule has 0 bridgehead atoms. The zero-order chi connectivity index (χ0) is 20.3. The van der Waals surface area contributed by atoms with E-state index in [9.17, 15) is 9.59 Å². The van der Waals surface area contributed by atoms with Gasteiger partial charge in [-0.1, -0.05) is 12.1 Å². The summed E-state index contributed by atoms with van der Waals surface area (Å²) >= 11 is 0. The van der Waals surface area contributed by atoms with Crippen LogP contribution in [0.2, 0.25) is 0 Å². The average Bonchev–Trinajstić information content (AvgIpc) is 3.28. The molecule has 1 aliphatic heterocycles. The van der Waals surface area contributed by atoms with Crippen molar-refractivity contribution >= 4 is 11.8 Å². The summed E-state index contributed by atoms with van der Waals surface area (Å²) in [6, 6.07) is 6.55. The quantitative estimate of drug-likeness (QED) is 0.831. The number of amides is 2. The van der Waals surface area contributed by atoms with Crippen molar-refractivity contribution in [2.75, 3.05) is 13.2 Å². The Labute approximate surface area is 165 Å². The van der Waals surface area contributed by atoms with E-state index in [2.05, 4.69) is 10.4 Å². The fraction of sp³-hybridized carbons (Fsp3) is 0.476. The Kier molecular flexibility index (Phi) is 6.02. The van der Waals surface area contributed by atoms with Crippen molar-refractivity contribution in [3.8, 4) is 5.75 Å². The number of para-hydroxylation sites is 1. The lowest BCUT2D eigenvalue weighted by molar-refractivity contribution is -0.125. The second-order valence-corrected chi connectivity index (χ2v) is 7.16. The summed E-state index contributed by atoms with van der Waals surface area (Å²) in [5, 5.41) is 7.38. The Bertz CT molecular complexity index is 861. The van der Waals surface area contributed by atoms with Crippen molar-refractivity contribution in [2.24, 2.45) is 7.05 Å². The molecular formula is C21H28N4O3. The lowest BCUT2D eigenvalue weighted by Gasteiger charge is -2.26. The van der Waals surface area contributed by atoms with E-state index in [1.54, 1.807) is 21.7 Å². The highest BCUT2D eigenvalue weighted by Gasteiger charge is 2.36. The first kappa shape index (κ1) is 19.9. The molecule has 1 aromatic heterocycles. The van der Waals surface area contributed by atoms with Crippen molar-refractivity contribution < 1.29 is 14.3 Å². The zero-order valence-corrected chi connectivity index (χ0v) is 16.9. The van der Waals surface area contributed by atoms with Crippen LogP contribution < -0.4 is 10.1 Å². The molecule has 7 heteroatoms. The van der Waals surface area contributed by atoms with Gasteiger partial charge in [0.1, 0.15) is 11.8 Å². The van der Waals surface area contributed by atoms with Gasteiger partial charge in [0.15, 0.2) is 0 Å². The molecule has 1 N–H and O–H groups in total. The van der Waals surface area contributed by atoms with Crippen molar-refractivity contribution in [1.82, 2.24) is 20.0 Å². The normalized spacial score (nSPS) is 17.4. The van der Waals surface area contributed by atoms with E-state index in [1.165, 1.54) is 0 Å². The van der Waals surface area contributed by atoms with Crippen LogP contribution in [0.4, 0.5) is 0 Å². The first-order valence-electron chi connectivity index (χ1n) is 9.75. The predicted octanol–water partition coefficient (Wildman–Crippen LogP) is 2.61.